The fourth-order valence-corrected chi connectivity index (χ4v) is 3.22. The van der Waals surface area contributed by atoms with Gasteiger partial charge in [0.25, 0.3) is 5.91 Å². The summed E-state index contributed by atoms with van der Waals surface area (Å²) in [6, 6.07) is 9.49. The number of carbonyl (C=O) groups excluding carboxylic acids is 2. The Morgan fingerprint density at radius 3 is 2.70 bits per heavy atom. The first-order valence-corrected chi connectivity index (χ1v) is 8.93. The molecule has 7 heteroatoms. The fraction of sp³-hybridized carbons (Fsp3) is 0.350. The SMILES string of the molecule is CNC(=O)c1cc2c(nc1N)CCN(C(=O)CCc1ccc(OC)cc1)C2. The van der Waals surface area contributed by atoms with E-state index in [1.807, 2.05) is 29.2 Å². The van der Waals surface area contributed by atoms with E-state index >= 15 is 0 Å². The summed E-state index contributed by atoms with van der Waals surface area (Å²) in [5.41, 5.74) is 9.07. The number of benzene rings is 1. The van der Waals surface area contributed by atoms with Crippen molar-refractivity contribution in [1.82, 2.24) is 15.2 Å². The average molecular weight is 368 g/mol. The predicted molar refractivity (Wildman–Crippen MR) is 102 cm³/mol. The molecule has 2 heterocycles. The van der Waals surface area contributed by atoms with Crippen molar-refractivity contribution in [2.24, 2.45) is 0 Å². The monoisotopic (exact) mass is 368 g/mol. The van der Waals surface area contributed by atoms with Gasteiger partial charge in [-0.05, 0) is 35.7 Å². The number of nitrogens with zero attached hydrogens (tertiary/aromatic N) is 2. The number of nitrogen functional groups attached to an aromatic ring is 1. The van der Waals surface area contributed by atoms with Crippen LogP contribution in [0.3, 0.4) is 0 Å². The van der Waals surface area contributed by atoms with E-state index in [4.69, 9.17) is 10.5 Å². The van der Waals surface area contributed by atoms with Gasteiger partial charge < -0.3 is 20.7 Å². The molecule has 142 valence electrons. The summed E-state index contributed by atoms with van der Waals surface area (Å²) >= 11 is 0. The highest BCUT2D eigenvalue weighted by Crippen LogP contribution is 2.23. The summed E-state index contributed by atoms with van der Waals surface area (Å²) in [4.78, 5) is 30.7. The van der Waals surface area contributed by atoms with Crippen LogP contribution in [0.5, 0.6) is 5.75 Å². The van der Waals surface area contributed by atoms with E-state index in [1.54, 1.807) is 20.2 Å². The van der Waals surface area contributed by atoms with Gasteiger partial charge in [0.05, 0.1) is 12.7 Å². The molecule has 0 atom stereocenters. The standard InChI is InChI=1S/C20H24N4O3/c1-22-20(26)16-11-14-12-24(10-9-17(14)23-19(16)21)18(25)8-5-13-3-6-15(27-2)7-4-13/h3-4,6-7,11H,5,8-10,12H2,1-2H3,(H2,21,23)(H,22,26). The number of fused-ring (bicyclic) bond motifs is 1. The molecule has 2 amide bonds. The smallest absolute Gasteiger partial charge is 0.254 e. The van der Waals surface area contributed by atoms with Gasteiger partial charge >= 0.3 is 0 Å². The lowest BCUT2D eigenvalue weighted by atomic mass is 10.0. The molecular weight excluding hydrogens is 344 g/mol. The third-order valence-corrected chi connectivity index (χ3v) is 4.81. The quantitative estimate of drug-likeness (QED) is 0.834. The van der Waals surface area contributed by atoms with Crippen molar-refractivity contribution >= 4 is 17.6 Å². The van der Waals surface area contributed by atoms with E-state index in [0.29, 0.717) is 37.9 Å². The van der Waals surface area contributed by atoms with Crippen LogP contribution in [-0.4, -0.2) is 42.4 Å². The van der Waals surface area contributed by atoms with Crippen molar-refractivity contribution in [3.8, 4) is 5.75 Å². The first-order valence-electron chi connectivity index (χ1n) is 8.93. The predicted octanol–water partition coefficient (Wildman–Crippen LogP) is 1.55. The molecule has 3 N–H and O–H groups in total. The lowest BCUT2D eigenvalue weighted by Crippen LogP contribution is -2.37. The third-order valence-electron chi connectivity index (χ3n) is 4.81. The second-order valence-corrected chi connectivity index (χ2v) is 6.52. The van der Waals surface area contributed by atoms with Crippen LogP contribution in [0.25, 0.3) is 0 Å². The van der Waals surface area contributed by atoms with Crippen molar-refractivity contribution in [2.75, 3.05) is 26.4 Å². The Balaban J connectivity index is 1.65. The Hall–Kier alpha value is -3.09. The molecule has 1 aliphatic heterocycles. The van der Waals surface area contributed by atoms with Crippen LogP contribution in [0.1, 0.15) is 33.6 Å². The highest BCUT2D eigenvalue weighted by Gasteiger charge is 2.24. The summed E-state index contributed by atoms with van der Waals surface area (Å²) in [5.74, 6) is 0.851. The molecule has 1 aromatic carbocycles. The number of amides is 2. The van der Waals surface area contributed by atoms with Gasteiger partial charge in [-0.15, -0.1) is 0 Å². The van der Waals surface area contributed by atoms with E-state index in [9.17, 15) is 9.59 Å². The zero-order valence-corrected chi connectivity index (χ0v) is 15.6. The lowest BCUT2D eigenvalue weighted by molar-refractivity contribution is -0.132. The molecule has 0 bridgehead atoms. The minimum Gasteiger partial charge on any atom is -0.497 e. The number of methoxy groups -OCH3 is 1. The molecule has 0 spiro atoms. The van der Waals surface area contributed by atoms with Gasteiger partial charge in [-0.3, -0.25) is 9.59 Å². The van der Waals surface area contributed by atoms with E-state index in [-0.39, 0.29) is 17.6 Å². The zero-order chi connectivity index (χ0) is 19.4. The number of rotatable bonds is 5. The van der Waals surface area contributed by atoms with Gasteiger partial charge in [0.15, 0.2) is 0 Å². The van der Waals surface area contributed by atoms with E-state index < -0.39 is 0 Å². The van der Waals surface area contributed by atoms with E-state index in [2.05, 4.69) is 10.3 Å². The fourth-order valence-electron chi connectivity index (χ4n) is 3.22. The topological polar surface area (TPSA) is 97.5 Å². The van der Waals surface area contributed by atoms with Gasteiger partial charge in [-0.1, -0.05) is 12.1 Å². The van der Waals surface area contributed by atoms with E-state index in [1.165, 1.54) is 0 Å². The number of nitrogens with one attached hydrogen (secondary N) is 1. The van der Waals surface area contributed by atoms with Crippen LogP contribution in [0, 0.1) is 0 Å². The number of nitrogens with two attached hydrogens (primary N) is 1. The maximum absolute atomic E-state index is 12.6. The van der Waals surface area contributed by atoms with E-state index in [0.717, 1.165) is 22.6 Å². The number of hydrogen-bond acceptors (Lipinski definition) is 5. The molecular formula is C20H24N4O3. The molecule has 3 rings (SSSR count). The van der Waals surface area contributed by atoms with Crippen LogP contribution in [0.4, 0.5) is 5.82 Å². The van der Waals surface area contributed by atoms with Crippen molar-refractivity contribution < 1.29 is 14.3 Å². The maximum atomic E-state index is 12.6. The molecule has 0 saturated carbocycles. The lowest BCUT2D eigenvalue weighted by Gasteiger charge is -2.29. The normalized spacial score (nSPS) is 13.0. The maximum Gasteiger partial charge on any atom is 0.254 e. The van der Waals surface area contributed by atoms with Crippen molar-refractivity contribution in [3.63, 3.8) is 0 Å². The first-order chi connectivity index (χ1) is 13.0. The largest absolute Gasteiger partial charge is 0.497 e. The minimum absolute atomic E-state index is 0.0924. The Labute approximate surface area is 158 Å². The van der Waals surface area contributed by atoms with Crippen LogP contribution in [-0.2, 0) is 24.2 Å². The molecule has 0 unspecified atom stereocenters. The zero-order valence-electron chi connectivity index (χ0n) is 15.6. The Morgan fingerprint density at radius 1 is 1.30 bits per heavy atom. The highest BCUT2D eigenvalue weighted by atomic mass is 16.5. The Kier molecular flexibility index (Phi) is 5.59. The molecule has 7 nitrogen and oxygen atoms in total. The van der Waals surface area contributed by atoms with Crippen molar-refractivity contribution in [1.29, 1.82) is 0 Å². The van der Waals surface area contributed by atoms with Crippen molar-refractivity contribution in [2.45, 2.75) is 25.8 Å². The van der Waals surface area contributed by atoms with Gasteiger partial charge in [0, 0.05) is 38.7 Å². The average Bonchev–Trinajstić information content (AvgIpc) is 2.70. The number of aromatic nitrogens is 1. The van der Waals surface area contributed by atoms with Gasteiger partial charge in [-0.2, -0.15) is 0 Å². The van der Waals surface area contributed by atoms with Crippen molar-refractivity contribution in [3.05, 3.63) is 52.7 Å². The summed E-state index contributed by atoms with van der Waals surface area (Å²) in [5, 5.41) is 2.56. The minimum atomic E-state index is -0.272. The van der Waals surface area contributed by atoms with Crippen LogP contribution >= 0.6 is 0 Å². The molecule has 0 fully saturated rings. The summed E-state index contributed by atoms with van der Waals surface area (Å²) in [7, 11) is 3.18. The highest BCUT2D eigenvalue weighted by molar-refractivity contribution is 5.98. The number of aryl methyl sites for hydroxylation is 1. The Morgan fingerprint density at radius 2 is 2.04 bits per heavy atom. The van der Waals surface area contributed by atoms with Gasteiger partial charge in [0.2, 0.25) is 5.91 Å². The molecule has 0 radical (unpaired) electrons. The Bertz CT molecular complexity index is 849. The summed E-state index contributed by atoms with van der Waals surface area (Å²) in [6.07, 6.45) is 1.75. The molecule has 1 aromatic heterocycles. The number of ether oxygens (including phenoxy) is 1. The summed E-state index contributed by atoms with van der Waals surface area (Å²) < 4.78 is 5.15. The molecule has 0 aliphatic carbocycles. The molecule has 2 aromatic rings. The van der Waals surface area contributed by atoms with Gasteiger partial charge in [-0.25, -0.2) is 4.98 Å². The summed E-state index contributed by atoms with van der Waals surface area (Å²) in [6.45, 7) is 1.06. The molecule has 1 aliphatic rings. The van der Waals surface area contributed by atoms with Gasteiger partial charge in [0.1, 0.15) is 11.6 Å². The van der Waals surface area contributed by atoms with Crippen LogP contribution in [0.15, 0.2) is 30.3 Å². The van der Waals surface area contributed by atoms with Crippen LogP contribution in [0.2, 0.25) is 0 Å². The molecule has 27 heavy (non-hydrogen) atoms. The first kappa shape index (κ1) is 18.7. The number of hydrogen-bond donors (Lipinski definition) is 2. The number of pyridine rings is 1. The number of anilines is 1. The second kappa shape index (κ2) is 8.07. The third kappa shape index (κ3) is 4.19. The number of carbonyl (C=O) groups is 2. The molecule has 0 saturated heterocycles. The second-order valence-electron chi connectivity index (χ2n) is 6.52. The van der Waals surface area contributed by atoms with Crippen LogP contribution < -0.4 is 15.8 Å².